The number of imidazole rings is 1. The first-order chi connectivity index (χ1) is 12.8. The van der Waals surface area contributed by atoms with E-state index in [1.165, 1.54) is 25.5 Å². The van der Waals surface area contributed by atoms with Gasteiger partial charge in [-0.15, -0.1) is 0 Å². The van der Waals surface area contributed by atoms with Crippen LogP contribution in [0.4, 0.5) is 23.4 Å². The Morgan fingerprint density at radius 3 is 2.85 bits per heavy atom. The number of alkyl halides is 4. The van der Waals surface area contributed by atoms with Crippen LogP contribution in [-0.4, -0.2) is 51.1 Å². The lowest BCUT2D eigenvalue weighted by atomic mass is 9.95. The van der Waals surface area contributed by atoms with Crippen LogP contribution in [0.2, 0.25) is 0 Å². The number of nitrogens with zero attached hydrogens (tertiary/aromatic N) is 4. The standard InChI is InChI=1S/C17H18F4N6/c1-10-8-27(5-4-17(10,20)21)15-6-12(24-9-25-15)13-7-23-14(26-13)3-2-11(22)16(18)19/h2-3,6-7,9-10,16,22H,4-5,8H2,1H3,(H,23,26)/b3-2-,22-11?. The molecule has 0 aliphatic carbocycles. The van der Waals surface area contributed by atoms with Gasteiger partial charge < -0.3 is 9.88 Å². The molecule has 0 aromatic carbocycles. The summed E-state index contributed by atoms with van der Waals surface area (Å²) in [6.45, 7) is 1.90. The quantitative estimate of drug-likeness (QED) is 0.611. The largest absolute Gasteiger partial charge is 0.356 e. The van der Waals surface area contributed by atoms with E-state index in [2.05, 4.69) is 19.9 Å². The molecule has 1 saturated heterocycles. The fraction of sp³-hybridized carbons (Fsp3) is 0.412. The molecule has 1 unspecified atom stereocenters. The van der Waals surface area contributed by atoms with Gasteiger partial charge in [0.1, 0.15) is 18.0 Å². The van der Waals surface area contributed by atoms with E-state index in [1.54, 1.807) is 11.0 Å². The van der Waals surface area contributed by atoms with E-state index in [4.69, 9.17) is 5.41 Å². The zero-order valence-corrected chi connectivity index (χ0v) is 14.5. The van der Waals surface area contributed by atoms with Crippen molar-refractivity contribution in [1.29, 1.82) is 5.41 Å². The number of aromatic nitrogens is 4. The van der Waals surface area contributed by atoms with Crippen LogP contribution < -0.4 is 4.90 Å². The Bertz CT molecular complexity index is 847. The number of rotatable bonds is 5. The summed E-state index contributed by atoms with van der Waals surface area (Å²) in [7, 11) is 0. The third-order valence-corrected chi connectivity index (χ3v) is 4.43. The smallest absolute Gasteiger partial charge is 0.279 e. The molecule has 1 atom stereocenters. The molecule has 3 rings (SSSR count). The summed E-state index contributed by atoms with van der Waals surface area (Å²) in [5.74, 6) is -2.63. The number of H-pyrrole nitrogens is 1. The number of allylic oxidation sites excluding steroid dienone is 1. The molecule has 0 saturated carbocycles. The zero-order chi connectivity index (χ0) is 19.6. The molecule has 0 amide bonds. The highest BCUT2D eigenvalue weighted by Gasteiger charge is 2.41. The second-order valence-electron chi connectivity index (χ2n) is 6.39. The Balaban J connectivity index is 1.76. The normalized spacial score (nSPS) is 19.8. The van der Waals surface area contributed by atoms with Crippen molar-refractivity contribution in [2.45, 2.75) is 25.7 Å². The maximum Gasteiger partial charge on any atom is 0.279 e. The summed E-state index contributed by atoms with van der Waals surface area (Å²) in [6, 6.07) is 1.67. The van der Waals surface area contributed by atoms with Crippen molar-refractivity contribution in [2.24, 2.45) is 5.92 Å². The van der Waals surface area contributed by atoms with E-state index in [0.29, 0.717) is 23.0 Å². The van der Waals surface area contributed by atoms with Crippen LogP contribution in [0.1, 0.15) is 19.2 Å². The van der Waals surface area contributed by atoms with Gasteiger partial charge in [-0.3, -0.25) is 5.41 Å². The van der Waals surface area contributed by atoms with E-state index >= 15 is 0 Å². The Hall–Kier alpha value is -2.78. The van der Waals surface area contributed by atoms with Gasteiger partial charge in [-0.1, -0.05) is 6.92 Å². The number of hydrogen-bond acceptors (Lipinski definition) is 5. The number of piperidine rings is 1. The maximum atomic E-state index is 13.7. The first-order valence-corrected chi connectivity index (χ1v) is 8.31. The Labute approximate surface area is 152 Å². The molecule has 0 radical (unpaired) electrons. The number of aromatic amines is 1. The van der Waals surface area contributed by atoms with E-state index in [1.807, 2.05) is 0 Å². The lowest BCUT2D eigenvalue weighted by Gasteiger charge is -2.37. The van der Waals surface area contributed by atoms with Gasteiger partial charge in [0.15, 0.2) is 0 Å². The molecule has 1 aliphatic heterocycles. The molecule has 0 bridgehead atoms. The molecule has 3 heterocycles. The van der Waals surface area contributed by atoms with Crippen LogP contribution in [0.3, 0.4) is 0 Å². The minimum Gasteiger partial charge on any atom is -0.356 e. The summed E-state index contributed by atoms with van der Waals surface area (Å²) in [6.07, 6.45) is 1.97. The van der Waals surface area contributed by atoms with Crippen LogP contribution in [0.15, 0.2) is 24.7 Å². The van der Waals surface area contributed by atoms with Crippen molar-refractivity contribution in [3.63, 3.8) is 0 Å². The molecule has 1 aliphatic rings. The lowest BCUT2D eigenvalue weighted by molar-refractivity contribution is -0.0652. The Morgan fingerprint density at radius 1 is 1.37 bits per heavy atom. The SMILES string of the molecule is CC1CN(c2cc(-c3cnc(/C=C\C(=N)C(F)F)[nH]3)ncn2)CCC1(F)F. The minimum atomic E-state index is -2.85. The van der Waals surface area contributed by atoms with Crippen molar-refractivity contribution >= 4 is 17.6 Å². The predicted molar refractivity (Wildman–Crippen MR) is 93.3 cm³/mol. The lowest BCUT2D eigenvalue weighted by Crippen LogP contribution is -2.46. The third kappa shape index (κ3) is 4.32. The molecule has 27 heavy (non-hydrogen) atoms. The summed E-state index contributed by atoms with van der Waals surface area (Å²) >= 11 is 0. The summed E-state index contributed by atoms with van der Waals surface area (Å²) in [4.78, 5) is 17.0. The fourth-order valence-corrected chi connectivity index (χ4v) is 2.75. The van der Waals surface area contributed by atoms with E-state index in [9.17, 15) is 17.6 Å². The van der Waals surface area contributed by atoms with Gasteiger partial charge in [0.05, 0.1) is 23.3 Å². The first-order valence-electron chi connectivity index (χ1n) is 8.31. The van der Waals surface area contributed by atoms with Crippen molar-refractivity contribution in [2.75, 3.05) is 18.0 Å². The van der Waals surface area contributed by atoms with Gasteiger partial charge in [0.2, 0.25) is 0 Å². The van der Waals surface area contributed by atoms with Gasteiger partial charge >= 0.3 is 0 Å². The predicted octanol–water partition coefficient (Wildman–Crippen LogP) is 3.65. The van der Waals surface area contributed by atoms with Crippen LogP contribution in [-0.2, 0) is 0 Å². The molecule has 2 N–H and O–H groups in total. The average Bonchev–Trinajstić information content (AvgIpc) is 3.11. The van der Waals surface area contributed by atoms with Crippen LogP contribution in [0, 0.1) is 11.3 Å². The Kier molecular flexibility index (Phi) is 5.24. The van der Waals surface area contributed by atoms with Gasteiger partial charge in [-0.2, -0.15) is 0 Å². The Morgan fingerprint density at radius 2 is 2.15 bits per heavy atom. The minimum absolute atomic E-state index is 0.191. The summed E-state index contributed by atoms with van der Waals surface area (Å²) in [5, 5.41) is 7.09. The number of hydrogen-bond donors (Lipinski definition) is 2. The van der Waals surface area contributed by atoms with Crippen LogP contribution in [0.5, 0.6) is 0 Å². The van der Waals surface area contributed by atoms with Crippen molar-refractivity contribution < 1.29 is 17.6 Å². The molecule has 2 aromatic heterocycles. The molecular formula is C17H18F4N6. The van der Waals surface area contributed by atoms with Crippen LogP contribution >= 0.6 is 0 Å². The van der Waals surface area contributed by atoms with E-state index in [0.717, 1.165) is 6.08 Å². The number of anilines is 1. The monoisotopic (exact) mass is 382 g/mol. The molecule has 0 spiro atoms. The highest BCUT2D eigenvalue weighted by Crippen LogP contribution is 2.34. The van der Waals surface area contributed by atoms with Gasteiger partial charge in [0.25, 0.3) is 12.3 Å². The zero-order valence-electron chi connectivity index (χ0n) is 14.5. The summed E-state index contributed by atoms with van der Waals surface area (Å²) in [5.41, 5.74) is 0.214. The second kappa shape index (κ2) is 7.45. The maximum absolute atomic E-state index is 13.7. The van der Waals surface area contributed by atoms with Crippen LogP contribution in [0.25, 0.3) is 17.5 Å². The van der Waals surface area contributed by atoms with Crippen molar-refractivity contribution in [3.05, 3.63) is 30.5 Å². The molecule has 10 heteroatoms. The summed E-state index contributed by atoms with van der Waals surface area (Å²) < 4.78 is 52.0. The van der Waals surface area contributed by atoms with Gasteiger partial charge in [-0.05, 0) is 12.2 Å². The number of halogens is 4. The fourth-order valence-electron chi connectivity index (χ4n) is 2.75. The van der Waals surface area contributed by atoms with Gasteiger partial charge in [0, 0.05) is 31.5 Å². The first kappa shape index (κ1) is 19.0. The highest BCUT2D eigenvalue weighted by molar-refractivity contribution is 5.97. The topological polar surface area (TPSA) is 81.5 Å². The highest BCUT2D eigenvalue weighted by atomic mass is 19.3. The van der Waals surface area contributed by atoms with E-state index in [-0.39, 0.29) is 19.5 Å². The average molecular weight is 382 g/mol. The van der Waals surface area contributed by atoms with Crippen molar-refractivity contribution in [1.82, 2.24) is 19.9 Å². The second-order valence-corrected chi connectivity index (χ2v) is 6.39. The molecule has 1 fully saturated rings. The third-order valence-electron chi connectivity index (χ3n) is 4.43. The van der Waals surface area contributed by atoms with Gasteiger partial charge in [-0.25, -0.2) is 32.5 Å². The molecular weight excluding hydrogens is 364 g/mol. The molecule has 144 valence electrons. The molecule has 2 aromatic rings. The van der Waals surface area contributed by atoms with E-state index < -0.39 is 24.0 Å². The number of nitrogens with one attached hydrogen (secondary N) is 2. The molecule has 6 nitrogen and oxygen atoms in total. The van der Waals surface area contributed by atoms with Crippen molar-refractivity contribution in [3.8, 4) is 11.4 Å².